The van der Waals surface area contributed by atoms with Crippen LogP contribution in [0.1, 0.15) is 26.8 Å². The minimum absolute atomic E-state index is 0.0236. The van der Waals surface area contributed by atoms with Crippen molar-refractivity contribution in [3.63, 3.8) is 0 Å². The predicted molar refractivity (Wildman–Crippen MR) is 67.6 cm³/mol. The fraction of sp³-hybridized carbons (Fsp3) is 0.583. The number of ether oxygens (including phenoxy) is 1. The van der Waals surface area contributed by atoms with Gasteiger partial charge in [-0.15, -0.1) is 11.3 Å². The van der Waals surface area contributed by atoms with E-state index < -0.39 is 0 Å². The van der Waals surface area contributed by atoms with Crippen LogP contribution in [-0.4, -0.2) is 42.0 Å². The summed E-state index contributed by atoms with van der Waals surface area (Å²) in [6.45, 7) is 4.77. The SMILES string of the molecule is COC(=O)C1CCN(C(=O)c2sc(C)nc2C)C1. The van der Waals surface area contributed by atoms with Gasteiger partial charge in [0.25, 0.3) is 5.91 Å². The molecule has 0 aromatic carbocycles. The van der Waals surface area contributed by atoms with Gasteiger partial charge in [0.1, 0.15) is 4.88 Å². The van der Waals surface area contributed by atoms with Gasteiger partial charge >= 0.3 is 5.97 Å². The first-order chi connectivity index (χ1) is 8.52. The molecule has 1 saturated heterocycles. The van der Waals surface area contributed by atoms with Gasteiger partial charge in [0.15, 0.2) is 0 Å². The molecule has 0 N–H and O–H groups in total. The Morgan fingerprint density at radius 1 is 1.44 bits per heavy atom. The molecule has 6 heteroatoms. The van der Waals surface area contributed by atoms with E-state index in [1.807, 2.05) is 13.8 Å². The Bertz CT molecular complexity index is 484. The normalized spacial score (nSPS) is 19.1. The summed E-state index contributed by atoms with van der Waals surface area (Å²) < 4.78 is 4.71. The minimum Gasteiger partial charge on any atom is -0.469 e. The van der Waals surface area contributed by atoms with E-state index in [0.29, 0.717) is 24.4 Å². The van der Waals surface area contributed by atoms with Crippen LogP contribution in [0.2, 0.25) is 0 Å². The van der Waals surface area contributed by atoms with Gasteiger partial charge in [0.05, 0.1) is 23.7 Å². The summed E-state index contributed by atoms with van der Waals surface area (Å²) in [5.74, 6) is -0.444. The third-order valence-corrected chi connectivity index (χ3v) is 4.17. The Hall–Kier alpha value is -1.43. The van der Waals surface area contributed by atoms with Gasteiger partial charge in [0, 0.05) is 13.1 Å². The third kappa shape index (κ3) is 2.38. The lowest BCUT2D eigenvalue weighted by Gasteiger charge is -2.15. The number of aryl methyl sites for hydroxylation is 2. The molecular formula is C12H16N2O3S. The summed E-state index contributed by atoms with van der Waals surface area (Å²) in [4.78, 5) is 30.3. The monoisotopic (exact) mass is 268 g/mol. The van der Waals surface area contributed by atoms with Crippen LogP contribution >= 0.6 is 11.3 Å². The standard InChI is InChI=1S/C12H16N2O3S/c1-7-10(18-8(2)13-7)11(15)14-5-4-9(6-14)12(16)17-3/h9H,4-6H2,1-3H3. The highest BCUT2D eigenvalue weighted by Crippen LogP contribution is 2.24. The van der Waals surface area contributed by atoms with Crippen LogP contribution in [-0.2, 0) is 9.53 Å². The number of likely N-dealkylation sites (tertiary alicyclic amines) is 1. The molecule has 98 valence electrons. The average molecular weight is 268 g/mol. The van der Waals surface area contributed by atoms with Crippen molar-refractivity contribution in [2.75, 3.05) is 20.2 Å². The molecule has 2 rings (SSSR count). The molecule has 1 aliphatic heterocycles. The first-order valence-corrected chi connectivity index (χ1v) is 6.65. The smallest absolute Gasteiger partial charge is 0.310 e. The van der Waals surface area contributed by atoms with E-state index in [4.69, 9.17) is 4.74 Å². The van der Waals surface area contributed by atoms with Crippen molar-refractivity contribution in [3.05, 3.63) is 15.6 Å². The van der Waals surface area contributed by atoms with Crippen LogP contribution in [0.5, 0.6) is 0 Å². The average Bonchev–Trinajstić information content (AvgIpc) is 2.94. The number of rotatable bonds is 2. The van der Waals surface area contributed by atoms with E-state index in [1.165, 1.54) is 18.4 Å². The van der Waals surface area contributed by atoms with Crippen LogP contribution in [0.4, 0.5) is 0 Å². The van der Waals surface area contributed by atoms with Crippen LogP contribution in [0.25, 0.3) is 0 Å². The van der Waals surface area contributed by atoms with Crippen molar-refractivity contribution >= 4 is 23.2 Å². The molecule has 1 amide bonds. The molecule has 18 heavy (non-hydrogen) atoms. The maximum atomic E-state index is 12.3. The Labute approximate surface area is 110 Å². The second-order valence-electron chi connectivity index (χ2n) is 4.41. The van der Waals surface area contributed by atoms with Crippen molar-refractivity contribution in [2.24, 2.45) is 5.92 Å². The highest BCUT2D eigenvalue weighted by molar-refractivity contribution is 7.13. The highest BCUT2D eigenvalue weighted by atomic mass is 32.1. The molecule has 2 heterocycles. The van der Waals surface area contributed by atoms with Gasteiger partial charge in [-0.3, -0.25) is 9.59 Å². The van der Waals surface area contributed by atoms with Gasteiger partial charge in [-0.25, -0.2) is 4.98 Å². The second kappa shape index (κ2) is 5.06. The zero-order valence-corrected chi connectivity index (χ0v) is 11.5. The molecule has 0 radical (unpaired) electrons. The van der Waals surface area contributed by atoms with Crippen molar-refractivity contribution < 1.29 is 14.3 Å². The Balaban J connectivity index is 2.08. The molecule has 1 unspecified atom stereocenters. The molecule has 1 aliphatic rings. The van der Waals surface area contributed by atoms with Gasteiger partial charge in [-0.2, -0.15) is 0 Å². The number of hydrogen-bond donors (Lipinski definition) is 0. The lowest BCUT2D eigenvalue weighted by Crippen LogP contribution is -2.30. The number of esters is 1. The van der Waals surface area contributed by atoms with Crippen molar-refractivity contribution in [2.45, 2.75) is 20.3 Å². The maximum Gasteiger partial charge on any atom is 0.310 e. The van der Waals surface area contributed by atoms with Gasteiger partial charge in [-0.1, -0.05) is 0 Å². The molecule has 0 spiro atoms. The number of amides is 1. The molecule has 0 bridgehead atoms. The molecule has 1 atom stereocenters. The third-order valence-electron chi connectivity index (χ3n) is 3.11. The van der Waals surface area contributed by atoms with Gasteiger partial charge in [-0.05, 0) is 20.3 Å². The van der Waals surface area contributed by atoms with E-state index in [0.717, 1.165) is 10.7 Å². The molecule has 0 saturated carbocycles. The van der Waals surface area contributed by atoms with E-state index >= 15 is 0 Å². The zero-order valence-electron chi connectivity index (χ0n) is 10.7. The summed E-state index contributed by atoms with van der Waals surface area (Å²) in [5.41, 5.74) is 0.768. The summed E-state index contributed by atoms with van der Waals surface area (Å²) in [6.07, 6.45) is 0.676. The summed E-state index contributed by atoms with van der Waals surface area (Å²) in [5, 5.41) is 0.888. The molecule has 1 aromatic rings. The van der Waals surface area contributed by atoms with Crippen LogP contribution in [0.15, 0.2) is 0 Å². The number of aromatic nitrogens is 1. The first-order valence-electron chi connectivity index (χ1n) is 5.84. The minimum atomic E-state index is -0.234. The van der Waals surface area contributed by atoms with Gasteiger partial charge < -0.3 is 9.64 Å². The molecule has 1 aromatic heterocycles. The quantitative estimate of drug-likeness (QED) is 0.761. The first kappa shape index (κ1) is 13.0. The zero-order chi connectivity index (χ0) is 13.3. The van der Waals surface area contributed by atoms with Crippen LogP contribution in [0.3, 0.4) is 0 Å². The number of carbonyl (C=O) groups is 2. The second-order valence-corrected chi connectivity index (χ2v) is 5.61. The van der Waals surface area contributed by atoms with E-state index in [-0.39, 0.29) is 17.8 Å². The van der Waals surface area contributed by atoms with Gasteiger partial charge in [0.2, 0.25) is 0 Å². The fourth-order valence-corrected chi connectivity index (χ4v) is 3.06. The lowest BCUT2D eigenvalue weighted by atomic mass is 10.1. The molecular weight excluding hydrogens is 252 g/mol. The highest BCUT2D eigenvalue weighted by Gasteiger charge is 2.33. The Morgan fingerprint density at radius 2 is 2.17 bits per heavy atom. The largest absolute Gasteiger partial charge is 0.469 e. The topological polar surface area (TPSA) is 59.5 Å². The lowest BCUT2D eigenvalue weighted by molar-refractivity contribution is -0.144. The Morgan fingerprint density at radius 3 is 2.72 bits per heavy atom. The number of nitrogens with zero attached hydrogens (tertiary/aromatic N) is 2. The molecule has 5 nitrogen and oxygen atoms in total. The number of thiazole rings is 1. The van der Waals surface area contributed by atoms with Crippen molar-refractivity contribution in [3.8, 4) is 0 Å². The van der Waals surface area contributed by atoms with E-state index in [2.05, 4.69) is 4.98 Å². The van der Waals surface area contributed by atoms with E-state index in [1.54, 1.807) is 4.90 Å². The van der Waals surface area contributed by atoms with Crippen LogP contribution < -0.4 is 0 Å². The van der Waals surface area contributed by atoms with E-state index in [9.17, 15) is 9.59 Å². The van der Waals surface area contributed by atoms with Crippen molar-refractivity contribution in [1.82, 2.24) is 9.88 Å². The summed E-state index contributed by atoms with van der Waals surface area (Å²) in [6, 6.07) is 0. The van der Waals surface area contributed by atoms with Crippen molar-refractivity contribution in [1.29, 1.82) is 0 Å². The van der Waals surface area contributed by atoms with Crippen LogP contribution in [0, 0.1) is 19.8 Å². The molecule has 1 fully saturated rings. The number of hydrogen-bond acceptors (Lipinski definition) is 5. The number of methoxy groups -OCH3 is 1. The predicted octanol–water partition coefficient (Wildman–Crippen LogP) is 1.40. The maximum absolute atomic E-state index is 12.3. The fourth-order valence-electron chi connectivity index (χ4n) is 2.18. The Kier molecular flexibility index (Phi) is 3.65. The summed E-state index contributed by atoms with van der Waals surface area (Å²) >= 11 is 1.41. The summed E-state index contributed by atoms with van der Waals surface area (Å²) in [7, 11) is 1.38. The number of carbonyl (C=O) groups excluding carboxylic acids is 2. The molecule has 0 aliphatic carbocycles.